The Balaban J connectivity index is 2.46. The number of β-amino-alcohol motifs (C(OH)–C–C–N with tert-alkyl or cyclic N) is 2. The molecule has 0 spiro atoms. The van der Waals surface area contributed by atoms with Gasteiger partial charge in [-0.25, -0.2) is 0 Å². The third kappa shape index (κ3) is 4.16. The van der Waals surface area contributed by atoms with Crippen LogP contribution in [0.15, 0.2) is 0 Å². The normalized spacial score (nSPS) is 23.5. The molecule has 1 heterocycles. The molecule has 1 aliphatic rings. The van der Waals surface area contributed by atoms with Crippen molar-refractivity contribution in [3.63, 3.8) is 0 Å². The average Bonchev–Trinajstić information content (AvgIpc) is 2.19. The Hall–Kier alpha value is -0.250. The van der Waals surface area contributed by atoms with Gasteiger partial charge in [-0.3, -0.25) is 14.4 Å². The van der Waals surface area contributed by atoms with Gasteiger partial charge in [-0.15, -0.1) is 0 Å². The van der Waals surface area contributed by atoms with Gasteiger partial charge in [-0.1, -0.05) is 0 Å². The highest BCUT2D eigenvalue weighted by Crippen LogP contribution is 2.15. The van der Waals surface area contributed by atoms with E-state index in [9.17, 15) is 13.5 Å². The summed E-state index contributed by atoms with van der Waals surface area (Å²) in [5.41, 5.74) is 0. The van der Waals surface area contributed by atoms with Crippen molar-refractivity contribution >= 4 is 10.1 Å². The van der Waals surface area contributed by atoms with Crippen LogP contribution >= 0.6 is 0 Å². The first-order valence-corrected chi connectivity index (χ1v) is 6.95. The van der Waals surface area contributed by atoms with Crippen LogP contribution in [0.2, 0.25) is 0 Å². The summed E-state index contributed by atoms with van der Waals surface area (Å²) in [7, 11) is -4.47. The zero-order valence-corrected chi connectivity index (χ0v) is 10.7. The van der Waals surface area contributed by atoms with Crippen LogP contribution in [0, 0.1) is 0 Å². The van der Waals surface area contributed by atoms with E-state index in [4.69, 9.17) is 9.66 Å². The average molecular weight is 268 g/mol. The lowest BCUT2D eigenvalue weighted by Gasteiger charge is -2.36. The Morgan fingerprint density at radius 2 is 1.65 bits per heavy atom. The van der Waals surface area contributed by atoms with Crippen molar-refractivity contribution < 1.29 is 23.2 Å². The Morgan fingerprint density at radius 3 is 2.06 bits per heavy atom. The number of rotatable bonds is 5. The lowest BCUT2D eigenvalue weighted by atomic mass is 10.2. The Labute approximate surface area is 101 Å². The molecular formula is C9H20N2O5S. The van der Waals surface area contributed by atoms with E-state index in [0.29, 0.717) is 32.7 Å². The minimum atomic E-state index is -4.47. The third-order valence-corrected chi connectivity index (χ3v) is 4.19. The highest BCUT2D eigenvalue weighted by Gasteiger charge is 2.37. The summed E-state index contributed by atoms with van der Waals surface area (Å²) >= 11 is 0. The van der Waals surface area contributed by atoms with Crippen molar-refractivity contribution in [2.75, 3.05) is 45.9 Å². The number of aliphatic hydroxyl groups is 2. The molecule has 0 amide bonds. The van der Waals surface area contributed by atoms with Gasteiger partial charge in [0.25, 0.3) is 10.1 Å². The predicted octanol–water partition coefficient (Wildman–Crippen LogP) is -1.81. The van der Waals surface area contributed by atoms with Crippen molar-refractivity contribution in [1.82, 2.24) is 9.80 Å². The monoisotopic (exact) mass is 268 g/mol. The Bertz CT molecular complexity index is 335. The maximum atomic E-state index is 10.9. The molecule has 0 saturated carbocycles. The summed E-state index contributed by atoms with van der Waals surface area (Å²) in [4.78, 5) is 1.70. The largest absolute Gasteiger partial charge is 0.395 e. The van der Waals surface area contributed by atoms with Crippen LogP contribution in [0.1, 0.15) is 6.92 Å². The van der Waals surface area contributed by atoms with Gasteiger partial charge in [0.05, 0.1) is 6.61 Å². The minimum absolute atomic E-state index is 0.0999. The molecule has 0 aromatic heterocycles. The number of hydrogen-bond acceptors (Lipinski definition) is 6. The van der Waals surface area contributed by atoms with E-state index in [1.54, 1.807) is 4.90 Å². The van der Waals surface area contributed by atoms with Gasteiger partial charge in [-0.2, -0.15) is 8.42 Å². The van der Waals surface area contributed by atoms with Gasteiger partial charge in [0.15, 0.2) is 0 Å². The van der Waals surface area contributed by atoms with E-state index in [-0.39, 0.29) is 13.2 Å². The van der Waals surface area contributed by atoms with Crippen molar-refractivity contribution in [2.24, 2.45) is 0 Å². The van der Waals surface area contributed by atoms with Gasteiger partial charge >= 0.3 is 0 Å². The molecule has 1 saturated heterocycles. The molecule has 1 aliphatic heterocycles. The molecule has 1 rings (SSSR count). The first-order valence-electron chi connectivity index (χ1n) is 5.51. The molecular weight excluding hydrogens is 248 g/mol. The predicted molar refractivity (Wildman–Crippen MR) is 62.1 cm³/mol. The number of hydrogen-bond donors (Lipinski definition) is 3. The second-order valence-electron chi connectivity index (χ2n) is 4.49. The zero-order chi connectivity index (χ0) is 13.1. The van der Waals surface area contributed by atoms with E-state index in [1.807, 2.05) is 0 Å². The number of piperazine rings is 1. The molecule has 102 valence electrons. The summed E-state index contributed by atoms with van der Waals surface area (Å²) in [6.45, 7) is 4.30. The van der Waals surface area contributed by atoms with Crippen LogP contribution in [-0.4, -0.2) is 83.8 Å². The molecule has 8 heteroatoms. The van der Waals surface area contributed by atoms with Crippen LogP contribution in [0.5, 0.6) is 0 Å². The van der Waals surface area contributed by atoms with Crippen molar-refractivity contribution in [3.05, 3.63) is 0 Å². The van der Waals surface area contributed by atoms with Gasteiger partial charge in [-0.05, 0) is 6.92 Å². The highest BCUT2D eigenvalue weighted by atomic mass is 32.2. The molecule has 7 nitrogen and oxygen atoms in total. The van der Waals surface area contributed by atoms with E-state index >= 15 is 0 Å². The van der Waals surface area contributed by atoms with Crippen LogP contribution in [0.3, 0.4) is 0 Å². The quantitative estimate of drug-likeness (QED) is 0.505. The molecule has 17 heavy (non-hydrogen) atoms. The van der Waals surface area contributed by atoms with E-state index in [0.717, 1.165) is 6.92 Å². The molecule has 0 aliphatic carbocycles. The molecule has 0 radical (unpaired) electrons. The first kappa shape index (κ1) is 14.8. The highest BCUT2D eigenvalue weighted by molar-refractivity contribution is 7.87. The number of aliphatic hydroxyl groups excluding tert-OH is 1. The second kappa shape index (κ2) is 5.59. The summed E-state index contributed by atoms with van der Waals surface area (Å²) < 4.78 is 30.7. The smallest absolute Gasteiger partial charge is 0.296 e. The van der Waals surface area contributed by atoms with E-state index in [2.05, 4.69) is 4.90 Å². The van der Waals surface area contributed by atoms with Gasteiger partial charge in [0.2, 0.25) is 4.93 Å². The van der Waals surface area contributed by atoms with E-state index in [1.165, 1.54) is 0 Å². The summed E-state index contributed by atoms with van der Waals surface area (Å²) in [6, 6.07) is 0. The second-order valence-corrected chi connectivity index (χ2v) is 6.32. The molecule has 1 fully saturated rings. The lowest BCUT2D eigenvalue weighted by molar-refractivity contribution is 0.0480. The number of nitrogens with zero attached hydrogens (tertiary/aromatic N) is 2. The summed E-state index contributed by atoms with van der Waals surface area (Å²) in [6.07, 6.45) is 0. The molecule has 1 atom stereocenters. The fourth-order valence-corrected chi connectivity index (χ4v) is 2.15. The molecule has 3 N–H and O–H groups in total. The van der Waals surface area contributed by atoms with Gasteiger partial charge in [0.1, 0.15) is 0 Å². The SMILES string of the molecule is CC(O)(CN1CCN(CCO)CC1)S(=O)(=O)O. The fourth-order valence-electron chi connectivity index (χ4n) is 1.81. The Morgan fingerprint density at radius 1 is 1.18 bits per heavy atom. The standard InChI is InChI=1S/C9H20N2O5S/c1-9(13,17(14,15)16)8-11-4-2-10(3-5-11)6-7-12/h12-13H,2-8H2,1H3,(H,14,15,16). The topological polar surface area (TPSA) is 101 Å². The first-order chi connectivity index (χ1) is 7.76. The van der Waals surface area contributed by atoms with Crippen LogP contribution in [0.25, 0.3) is 0 Å². The third-order valence-electron chi connectivity index (χ3n) is 2.95. The van der Waals surface area contributed by atoms with E-state index < -0.39 is 15.1 Å². The molecule has 1 unspecified atom stereocenters. The van der Waals surface area contributed by atoms with Gasteiger partial charge in [0, 0.05) is 39.3 Å². The zero-order valence-electron chi connectivity index (χ0n) is 9.91. The summed E-state index contributed by atoms with van der Waals surface area (Å²) in [5, 5.41) is 18.4. The molecule has 0 aromatic rings. The van der Waals surface area contributed by atoms with Crippen molar-refractivity contribution in [2.45, 2.75) is 11.9 Å². The van der Waals surface area contributed by atoms with Crippen LogP contribution in [-0.2, 0) is 10.1 Å². The Kier molecular flexibility index (Phi) is 4.87. The van der Waals surface area contributed by atoms with Crippen LogP contribution in [0.4, 0.5) is 0 Å². The minimum Gasteiger partial charge on any atom is -0.395 e. The lowest BCUT2D eigenvalue weighted by Crippen LogP contribution is -2.53. The summed E-state index contributed by atoms with van der Waals surface area (Å²) in [5.74, 6) is 0. The maximum absolute atomic E-state index is 10.9. The fraction of sp³-hybridized carbons (Fsp3) is 1.00. The van der Waals surface area contributed by atoms with Gasteiger partial charge < -0.3 is 10.2 Å². The van der Waals surface area contributed by atoms with Crippen molar-refractivity contribution in [1.29, 1.82) is 0 Å². The molecule has 0 aromatic carbocycles. The maximum Gasteiger partial charge on any atom is 0.296 e. The van der Waals surface area contributed by atoms with Crippen molar-refractivity contribution in [3.8, 4) is 0 Å². The molecule has 0 bridgehead atoms. The van der Waals surface area contributed by atoms with Crippen LogP contribution < -0.4 is 0 Å².